The Bertz CT molecular complexity index is 2010. The van der Waals surface area contributed by atoms with Crippen LogP contribution in [0.1, 0.15) is 115 Å². The smallest absolute Gasteiger partial charge is 0.249 e. The summed E-state index contributed by atoms with van der Waals surface area (Å²) in [6.07, 6.45) is 3.99. The molecule has 3 saturated carbocycles. The highest BCUT2D eigenvalue weighted by molar-refractivity contribution is 5.95. The van der Waals surface area contributed by atoms with Crippen LogP contribution < -0.4 is 9.47 Å². The monoisotopic (exact) mass is 795 g/mol. The Hall–Kier alpha value is -4.82. The van der Waals surface area contributed by atoms with Crippen LogP contribution in [0.2, 0.25) is 0 Å². The standard InChI is InChI=1S/C25H29F2N3O4.C17H20F2N2O2/c1-16-28-8-6-20(29-16)21(31)10-17-12-24(15-25(26,27)13-17)7-9-30(23(24)32)14-18-4-5-19(33-2)11-22(18)34-3;1-11-20-6-4-13(21-11)14(22)7-12-8-16(5-2-3-15(16)23)10-17(18,19)9-12/h4-6,8,11,17H,7,9-10,12-15H2,1-3H3;4,6,12H,2-3,5,7-10H2,1H3/t17-,24+;12-,16+/m00/s1. The van der Waals surface area contributed by atoms with Gasteiger partial charge in [-0.25, -0.2) is 37.5 Å². The van der Waals surface area contributed by atoms with Crippen molar-refractivity contribution in [1.82, 2.24) is 24.8 Å². The van der Waals surface area contributed by atoms with Gasteiger partial charge in [0.25, 0.3) is 0 Å². The molecule has 1 saturated heterocycles. The maximum atomic E-state index is 14.9. The number of Topliss-reactive ketones (excluding diaryl/α,β-unsaturated/α-hetero) is 3. The van der Waals surface area contributed by atoms with E-state index in [1.165, 1.54) is 31.6 Å². The average Bonchev–Trinajstić information content (AvgIpc) is 3.62. The second-order valence-electron chi connectivity index (χ2n) is 16.3. The molecule has 306 valence electrons. The molecule has 0 N–H and O–H groups in total. The molecule has 1 aliphatic heterocycles. The lowest BCUT2D eigenvalue weighted by Gasteiger charge is -2.41. The van der Waals surface area contributed by atoms with Crippen LogP contribution >= 0.6 is 0 Å². The number of hydrogen-bond donors (Lipinski definition) is 0. The Morgan fingerprint density at radius 3 is 1.84 bits per heavy atom. The maximum Gasteiger partial charge on any atom is 0.249 e. The summed E-state index contributed by atoms with van der Waals surface area (Å²) in [6, 6.07) is 8.33. The first kappa shape index (κ1) is 41.8. The molecule has 3 aromatic rings. The number of aryl methyl sites for hydroxylation is 2. The van der Waals surface area contributed by atoms with Crippen LogP contribution in [-0.2, 0) is 16.1 Å². The Labute approximate surface area is 329 Å². The molecule has 15 heteroatoms. The van der Waals surface area contributed by atoms with Crippen molar-refractivity contribution >= 4 is 23.3 Å². The van der Waals surface area contributed by atoms with Gasteiger partial charge in [0, 0.05) is 87.5 Å². The number of benzene rings is 1. The zero-order valence-electron chi connectivity index (χ0n) is 32.8. The van der Waals surface area contributed by atoms with Crippen LogP contribution in [0.25, 0.3) is 0 Å². The second-order valence-corrected chi connectivity index (χ2v) is 16.3. The predicted molar refractivity (Wildman–Crippen MR) is 199 cm³/mol. The minimum absolute atomic E-state index is 0.0150. The summed E-state index contributed by atoms with van der Waals surface area (Å²) in [5, 5.41) is 0. The van der Waals surface area contributed by atoms with Crippen LogP contribution in [0, 0.1) is 36.5 Å². The molecule has 0 unspecified atom stereocenters. The summed E-state index contributed by atoms with van der Waals surface area (Å²) in [5.74, 6) is -5.68. The number of alkyl halides is 4. The molecule has 4 atom stereocenters. The number of methoxy groups -OCH3 is 2. The molecule has 3 aliphatic carbocycles. The Morgan fingerprint density at radius 1 is 0.772 bits per heavy atom. The van der Waals surface area contributed by atoms with Crippen molar-refractivity contribution in [3.63, 3.8) is 0 Å². The molecular formula is C42H49F4N5O6. The number of ether oxygens (including phenoxy) is 2. The van der Waals surface area contributed by atoms with Gasteiger partial charge in [-0.3, -0.25) is 19.2 Å². The molecule has 2 spiro atoms. The van der Waals surface area contributed by atoms with E-state index < -0.39 is 47.4 Å². The number of carbonyl (C=O) groups is 4. The van der Waals surface area contributed by atoms with Crippen LogP contribution in [0.5, 0.6) is 11.5 Å². The van der Waals surface area contributed by atoms with Crippen molar-refractivity contribution in [2.75, 3.05) is 20.8 Å². The van der Waals surface area contributed by atoms with Crippen molar-refractivity contribution in [2.24, 2.45) is 22.7 Å². The first-order chi connectivity index (χ1) is 26.9. The lowest BCUT2D eigenvalue weighted by molar-refractivity contribution is -0.151. The fourth-order valence-electron chi connectivity index (χ4n) is 9.60. The summed E-state index contributed by atoms with van der Waals surface area (Å²) >= 11 is 0. The number of aromatic nitrogens is 4. The van der Waals surface area contributed by atoms with Gasteiger partial charge >= 0.3 is 0 Å². The fraction of sp³-hybridized carbons (Fsp3) is 0.571. The number of amides is 1. The van der Waals surface area contributed by atoms with E-state index in [9.17, 15) is 36.7 Å². The lowest BCUT2D eigenvalue weighted by atomic mass is 9.65. The first-order valence-electron chi connectivity index (χ1n) is 19.4. The molecular weight excluding hydrogens is 746 g/mol. The van der Waals surface area contributed by atoms with Gasteiger partial charge in [-0.05, 0) is 82.1 Å². The molecule has 1 amide bonds. The highest BCUT2D eigenvalue weighted by atomic mass is 19.3. The van der Waals surface area contributed by atoms with Crippen molar-refractivity contribution < 1.29 is 46.2 Å². The number of halogens is 4. The van der Waals surface area contributed by atoms with Gasteiger partial charge in [-0.2, -0.15) is 0 Å². The van der Waals surface area contributed by atoms with Gasteiger partial charge < -0.3 is 14.4 Å². The summed E-state index contributed by atoms with van der Waals surface area (Å²) < 4.78 is 68.7. The van der Waals surface area contributed by atoms with Crippen molar-refractivity contribution in [3.8, 4) is 11.5 Å². The summed E-state index contributed by atoms with van der Waals surface area (Å²) in [5.41, 5.74) is -0.802. The van der Waals surface area contributed by atoms with Gasteiger partial charge in [0.1, 0.15) is 40.3 Å². The third kappa shape index (κ3) is 9.66. The molecule has 3 heterocycles. The second kappa shape index (κ2) is 16.6. The zero-order valence-corrected chi connectivity index (χ0v) is 32.8. The molecule has 7 rings (SSSR count). The topological polar surface area (TPSA) is 142 Å². The third-order valence-electron chi connectivity index (χ3n) is 11.9. The van der Waals surface area contributed by atoms with Crippen molar-refractivity contribution in [2.45, 2.75) is 109 Å². The van der Waals surface area contributed by atoms with Gasteiger partial charge in [0.05, 0.1) is 19.6 Å². The average molecular weight is 796 g/mol. The molecule has 2 aromatic heterocycles. The molecule has 0 bridgehead atoms. The highest BCUT2D eigenvalue weighted by Gasteiger charge is 2.57. The zero-order chi connectivity index (χ0) is 41.2. The fourth-order valence-corrected chi connectivity index (χ4v) is 9.60. The van der Waals surface area contributed by atoms with Crippen molar-refractivity contribution in [1.29, 1.82) is 0 Å². The van der Waals surface area contributed by atoms with Gasteiger partial charge in [0.2, 0.25) is 17.8 Å². The minimum atomic E-state index is -3.01. The molecule has 11 nitrogen and oxygen atoms in total. The summed E-state index contributed by atoms with van der Waals surface area (Å²) in [4.78, 5) is 68.4. The molecule has 57 heavy (non-hydrogen) atoms. The number of likely N-dealkylation sites (tertiary alicyclic amines) is 1. The molecule has 0 radical (unpaired) electrons. The number of carbonyl (C=O) groups excluding carboxylic acids is 4. The first-order valence-corrected chi connectivity index (χ1v) is 19.4. The molecule has 1 aromatic carbocycles. The Kier molecular flexibility index (Phi) is 12.2. The van der Waals surface area contributed by atoms with Crippen LogP contribution in [0.3, 0.4) is 0 Å². The largest absolute Gasteiger partial charge is 0.497 e. The van der Waals surface area contributed by atoms with E-state index in [-0.39, 0.29) is 73.3 Å². The van der Waals surface area contributed by atoms with E-state index >= 15 is 0 Å². The lowest BCUT2D eigenvalue weighted by Crippen LogP contribution is -2.45. The third-order valence-corrected chi connectivity index (χ3v) is 11.9. The van der Waals surface area contributed by atoms with E-state index in [1.54, 1.807) is 38.0 Å². The quantitative estimate of drug-likeness (QED) is 0.148. The summed E-state index contributed by atoms with van der Waals surface area (Å²) in [7, 11) is 3.09. The predicted octanol–water partition coefficient (Wildman–Crippen LogP) is 7.76. The number of nitrogens with zero attached hydrogens (tertiary/aromatic N) is 5. The van der Waals surface area contributed by atoms with E-state index in [4.69, 9.17) is 9.47 Å². The van der Waals surface area contributed by atoms with Crippen LogP contribution in [0.4, 0.5) is 17.6 Å². The van der Waals surface area contributed by atoms with Crippen LogP contribution in [0.15, 0.2) is 42.7 Å². The maximum absolute atomic E-state index is 14.9. The highest BCUT2D eigenvalue weighted by Crippen LogP contribution is 2.55. The van der Waals surface area contributed by atoms with E-state index in [0.29, 0.717) is 61.8 Å². The van der Waals surface area contributed by atoms with Gasteiger partial charge in [-0.1, -0.05) is 0 Å². The number of hydrogen-bond acceptors (Lipinski definition) is 10. The normalized spacial score (nSPS) is 26.3. The van der Waals surface area contributed by atoms with Crippen molar-refractivity contribution in [3.05, 3.63) is 71.3 Å². The SMILES string of the molecule is COc1ccc(CN2CC[C@]3(C[C@H](CC(=O)c4ccnc(C)n4)CC(F)(F)C3)C2=O)c(OC)c1.Cc1nccc(C(=O)C[C@@H]2CC(F)(F)C[C@@]3(CCCC3=O)C2)n1. The van der Waals surface area contributed by atoms with E-state index in [0.717, 1.165) is 5.56 Å². The Morgan fingerprint density at radius 2 is 1.33 bits per heavy atom. The molecule has 4 aliphatic rings. The van der Waals surface area contributed by atoms with E-state index in [1.807, 2.05) is 6.07 Å². The van der Waals surface area contributed by atoms with Gasteiger partial charge in [0.15, 0.2) is 11.6 Å². The number of rotatable bonds is 10. The van der Waals surface area contributed by atoms with E-state index in [2.05, 4.69) is 19.9 Å². The summed E-state index contributed by atoms with van der Waals surface area (Å²) in [6.45, 7) is 4.00. The van der Waals surface area contributed by atoms with Crippen LogP contribution in [-0.4, -0.2) is 80.7 Å². The van der Waals surface area contributed by atoms with Gasteiger partial charge in [-0.15, -0.1) is 0 Å². The molecule has 4 fully saturated rings. The Balaban J connectivity index is 0.000000208. The number of ketones is 3. The minimum Gasteiger partial charge on any atom is -0.497 e.